The smallest absolute Gasteiger partial charge is 0.241 e. The Morgan fingerprint density at radius 2 is 1.69 bits per heavy atom. The van der Waals surface area contributed by atoms with Crippen molar-refractivity contribution in [2.75, 3.05) is 0 Å². The molecule has 0 saturated heterocycles. The lowest BCUT2D eigenvalue weighted by atomic mass is 10.1. The summed E-state index contributed by atoms with van der Waals surface area (Å²) in [6.45, 7) is 1.75. The third-order valence-electron chi connectivity index (χ3n) is 4.93. The van der Waals surface area contributed by atoms with Gasteiger partial charge in [-0.25, -0.2) is 13.4 Å². The van der Waals surface area contributed by atoms with Crippen LogP contribution in [0.25, 0.3) is 11.0 Å². The van der Waals surface area contributed by atoms with Crippen molar-refractivity contribution in [3.63, 3.8) is 0 Å². The van der Waals surface area contributed by atoms with Crippen LogP contribution in [-0.2, 0) is 17.1 Å². The molecule has 0 amide bonds. The number of rotatable bonds is 5. The van der Waals surface area contributed by atoms with E-state index in [1.165, 1.54) is 6.07 Å². The predicted molar refractivity (Wildman–Crippen MR) is 116 cm³/mol. The number of benzene rings is 3. The third-order valence-corrected chi connectivity index (χ3v) is 6.73. The number of halogens is 1. The molecule has 0 saturated carbocycles. The Kier molecular flexibility index (Phi) is 5.17. The van der Waals surface area contributed by atoms with Gasteiger partial charge in [0.25, 0.3) is 0 Å². The number of aryl methyl sites for hydroxylation is 2. The maximum Gasteiger partial charge on any atom is 0.241 e. The summed E-state index contributed by atoms with van der Waals surface area (Å²) in [5.74, 6) is 0.612. The molecule has 5 nitrogen and oxygen atoms in total. The topological polar surface area (TPSA) is 64.0 Å². The van der Waals surface area contributed by atoms with E-state index in [2.05, 4.69) is 4.72 Å². The van der Waals surface area contributed by atoms with Crippen LogP contribution in [0.4, 0.5) is 0 Å². The van der Waals surface area contributed by atoms with E-state index in [-0.39, 0.29) is 4.90 Å². The van der Waals surface area contributed by atoms with Gasteiger partial charge in [-0.15, -0.1) is 0 Å². The molecule has 1 aromatic heterocycles. The van der Waals surface area contributed by atoms with Gasteiger partial charge >= 0.3 is 0 Å². The van der Waals surface area contributed by atoms with E-state index >= 15 is 0 Å². The normalized spacial score (nSPS) is 12.9. The molecule has 1 atom stereocenters. The Morgan fingerprint density at radius 3 is 2.41 bits per heavy atom. The number of hydrogen-bond donors (Lipinski definition) is 1. The fourth-order valence-electron chi connectivity index (χ4n) is 3.42. The van der Waals surface area contributed by atoms with Gasteiger partial charge in [-0.3, -0.25) is 0 Å². The second kappa shape index (κ2) is 7.63. The van der Waals surface area contributed by atoms with Gasteiger partial charge in [0, 0.05) is 12.1 Å². The molecule has 4 rings (SSSR count). The SMILES string of the molecule is Cc1ccc(Cl)cc1S(=O)(=O)NC(c1ccccc1)c1nc2ccccc2n1C. The summed E-state index contributed by atoms with van der Waals surface area (Å²) < 4.78 is 31.3. The fourth-order valence-corrected chi connectivity index (χ4v) is 5.11. The highest BCUT2D eigenvalue weighted by atomic mass is 35.5. The molecule has 0 aliphatic carbocycles. The first kappa shape index (κ1) is 19.6. The number of para-hydroxylation sites is 2. The van der Waals surface area contributed by atoms with E-state index in [9.17, 15) is 8.42 Å². The minimum atomic E-state index is -3.85. The minimum absolute atomic E-state index is 0.157. The van der Waals surface area contributed by atoms with Gasteiger partial charge in [-0.2, -0.15) is 4.72 Å². The zero-order chi connectivity index (χ0) is 20.6. The maximum atomic E-state index is 13.3. The number of nitrogens with one attached hydrogen (secondary N) is 1. The first-order chi connectivity index (χ1) is 13.9. The van der Waals surface area contributed by atoms with E-state index in [4.69, 9.17) is 16.6 Å². The molecule has 3 aromatic carbocycles. The lowest BCUT2D eigenvalue weighted by Gasteiger charge is -2.20. The van der Waals surface area contributed by atoms with E-state index in [0.717, 1.165) is 16.6 Å². The molecule has 0 radical (unpaired) electrons. The first-order valence-electron chi connectivity index (χ1n) is 9.11. The van der Waals surface area contributed by atoms with Crippen LogP contribution >= 0.6 is 11.6 Å². The molecule has 7 heteroatoms. The Morgan fingerprint density at radius 1 is 1.00 bits per heavy atom. The monoisotopic (exact) mass is 425 g/mol. The highest BCUT2D eigenvalue weighted by Crippen LogP contribution is 2.28. The van der Waals surface area contributed by atoms with Crippen molar-refractivity contribution in [2.45, 2.75) is 17.9 Å². The van der Waals surface area contributed by atoms with Gasteiger partial charge in [-0.1, -0.05) is 60.1 Å². The van der Waals surface area contributed by atoms with Gasteiger partial charge in [0.1, 0.15) is 11.9 Å². The number of nitrogens with zero attached hydrogens (tertiary/aromatic N) is 2. The quantitative estimate of drug-likeness (QED) is 0.508. The second-order valence-corrected chi connectivity index (χ2v) is 9.01. The molecule has 1 N–H and O–H groups in total. The number of hydrogen-bond acceptors (Lipinski definition) is 3. The maximum absolute atomic E-state index is 13.3. The van der Waals surface area contributed by atoms with Crippen molar-refractivity contribution in [3.05, 3.63) is 94.8 Å². The van der Waals surface area contributed by atoms with Crippen LogP contribution in [0.15, 0.2) is 77.7 Å². The second-order valence-electron chi connectivity index (χ2n) is 6.89. The largest absolute Gasteiger partial charge is 0.329 e. The van der Waals surface area contributed by atoms with E-state index in [1.54, 1.807) is 19.1 Å². The average Bonchev–Trinajstić information content (AvgIpc) is 3.05. The van der Waals surface area contributed by atoms with E-state index < -0.39 is 16.1 Å². The predicted octanol–water partition coefficient (Wildman–Crippen LogP) is 4.60. The summed E-state index contributed by atoms with van der Waals surface area (Å²) in [6.07, 6.45) is 0. The van der Waals surface area contributed by atoms with Crippen LogP contribution in [0.3, 0.4) is 0 Å². The summed E-state index contributed by atoms with van der Waals surface area (Å²) in [7, 11) is -1.96. The Labute approximate surface area is 175 Å². The number of sulfonamides is 1. The molecule has 4 aromatic rings. The molecule has 0 fully saturated rings. The summed E-state index contributed by atoms with van der Waals surface area (Å²) in [5, 5.41) is 0.370. The van der Waals surface area contributed by atoms with Crippen LogP contribution < -0.4 is 4.72 Å². The van der Waals surface area contributed by atoms with Gasteiger partial charge < -0.3 is 4.57 Å². The van der Waals surface area contributed by atoms with Crippen LogP contribution in [0.5, 0.6) is 0 Å². The third kappa shape index (κ3) is 3.79. The van der Waals surface area contributed by atoms with Crippen molar-refractivity contribution >= 4 is 32.7 Å². The van der Waals surface area contributed by atoms with E-state index in [0.29, 0.717) is 16.4 Å². The molecule has 29 heavy (non-hydrogen) atoms. The zero-order valence-electron chi connectivity index (χ0n) is 16.0. The molecule has 148 valence electrons. The highest BCUT2D eigenvalue weighted by Gasteiger charge is 2.28. The molecule has 0 aliphatic heterocycles. The van der Waals surface area contributed by atoms with Crippen molar-refractivity contribution in [2.24, 2.45) is 7.05 Å². The fraction of sp³-hybridized carbons (Fsp3) is 0.136. The van der Waals surface area contributed by atoms with Gasteiger partial charge in [0.05, 0.1) is 15.9 Å². The molecular weight excluding hydrogens is 406 g/mol. The van der Waals surface area contributed by atoms with Crippen LogP contribution in [0, 0.1) is 6.92 Å². The van der Waals surface area contributed by atoms with Crippen LogP contribution in [0.2, 0.25) is 5.02 Å². The molecule has 0 spiro atoms. The first-order valence-corrected chi connectivity index (χ1v) is 11.0. The minimum Gasteiger partial charge on any atom is -0.329 e. The average molecular weight is 426 g/mol. The highest BCUT2D eigenvalue weighted by molar-refractivity contribution is 7.89. The summed E-state index contributed by atoms with van der Waals surface area (Å²) in [6, 6.07) is 21.3. The molecule has 0 aliphatic rings. The Bertz CT molecular complexity index is 1280. The van der Waals surface area contributed by atoms with E-state index in [1.807, 2.05) is 66.2 Å². The zero-order valence-corrected chi connectivity index (χ0v) is 17.6. The number of imidazole rings is 1. The lowest BCUT2D eigenvalue weighted by Crippen LogP contribution is -2.31. The summed E-state index contributed by atoms with van der Waals surface area (Å²) in [5.41, 5.74) is 3.17. The van der Waals surface area contributed by atoms with Gasteiger partial charge in [-0.05, 0) is 42.3 Å². The standard InChI is InChI=1S/C22H20ClN3O2S/c1-15-12-13-17(23)14-20(15)29(27,28)25-21(16-8-4-3-5-9-16)22-24-18-10-6-7-11-19(18)26(22)2/h3-14,21,25H,1-2H3. The van der Waals surface area contributed by atoms with Crippen LogP contribution in [0.1, 0.15) is 23.0 Å². The number of fused-ring (bicyclic) bond motifs is 1. The van der Waals surface area contributed by atoms with Crippen molar-refractivity contribution in [3.8, 4) is 0 Å². The Balaban J connectivity index is 1.86. The van der Waals surface area contributed by atoms with Crippen molar-refractivity contribution < 1.29 is 8.42 Å². The van der Waals surface area contributed by atoms with Gasteiger partial charge in [0.15, 0.2) is 0 Å². The summed E-state index contributed by atoms with van der Waals surface area (Å²) >= 11 is 6.06. The molecule has 1 heterocycles. The van der Waals surface area contributed by atoms with Crippen molar-refractivity contribution in [1.82, 2.24) is 14.3 Å². The Hall–Kier alpha value is -2.67. The number of aromatic nitrogens is 2. The summed E-state index contributed by atoms with van der Waals surface area (Å²) in [4.78, 5) is 4.87. The van der Waals surface area contributed by atoms with Crippen LogP contribution in [-0.4, -0.2) is 18.0 Å². The van der Waals surface area contributed by atoms with Gasteiger partial charge in [0.2, 0.25) is 10.0 Å². The molecule has 1 unspecified atom stereocenters. The van der Waals surface area contributed by atoms with Crippen molar-refractivity contribution in [1.29, 1.82) is 0 Å². The molecular formula is C22H20ClN3O2S. The molecule has 0 bridgehead atoms. The lowest BCUT2D eigenvalue weighted by molar-refractivity contribution is 0.563.